The highest BCUT2D eigenvalue weighted by molar-refractivity contribution is 5.92. The Morgan fingerprint density at radius 1 is 1.43 bits per heavy atom. The van der Waals surface area contributed by atoms with Crippen LogP contribution in [-0.4, -0.2) is 36.0 Å². The molecule has 0 fully saturated rings. The normalized spacial score (nSPS) is 10.9. The van der Waals surface area contributed by atoms with E-state index in [-0.39, 0.29) is 6.61 Å². The number of alkyl halides is 3. The molecule has 0 bridgehead atoms. The van der Waals surface area contributed by atoms with Gasteiger partial charge in [0.2, 0.25) is 5.75 Å². The predicted molar refractivity (Wildman–Crippen MR) is 60.1 cm³/mol. The summed E-state index contributed by atoms with van der Waals surface area (Å²) in [6, 6.07) is 0. The molecule has 0 unspecified atom stereocenters. The number of nitrogens with zero attached hydrogens (tertiary/aromatic N) is 2. The van der Waals surface area contributed by atoms with Gasteiger partial charge < -0.3 is 14.2 Å². The summed E-state index contributed by atoms with van der Waals surface area (Å²) in [5.74, 6) is -3.20. The van der Waals surface area contributed by atoms with Gasteiger partial charge in [-0.3, -0.25) is 10.1 Å². The Hall–Kier alpha value is -2.59. The lowest BCUT2D eigenvalue weighted by atomic mass is 10.2. The largest absolute Gasteiger partial charge is 0.573 e. The van der Waals surface area contributed by atoms with Crippen molar-refractivity contribution in [3.8, 4) is 11.5 Å². The van der Waals surface area contributed by atoms with Gasteiger partial charge in [-0.2, -0.15) is 0 Å². The van der Waals surface area contributed by atoms with Crippen LogP contribution in [0, 0.1) is 10.1 Å². The van der Waals surface area contributed by atoms with Crippen LogP contribution in [0.2, 0.25) is 0 Å². The van der Waals surface area contributed by atoms with Crippen molar-refractivity contribution >= 4 is 11.7 Å². The van der Waals surface area contributed by atoms with Crippen LogP contribution in [-0.2, 0) is 4.74 Å². The molecule has 1 aromatic heterocycles. The van der Waals surface area contributed by atoms with Crippen molar-refractivity contribution < 1.29 is 37.1 Å². The second-order valence-electron chi connectivity index (χ2n) is 3.38. The highest BCUT2D eigenvalue weighted by Crippen LogP contribution is 2.41. The summed E-state index contributed by atoms with van der Waals surface area (Å²) in [4.78, 5) is 24.5. The van der Waals surface area contributed by atoms with E-state index < -0.39 is 40.1 Å². The zero-order valence-corrected chi connectivity index (χ0v) is 10.8. The molecule has 0 aliphatic heterocycles. The summed E-state index contributed by atoms with van der Waals surface area (Å²) < 4.78 is 49.8. The first-order valence-corrected chi connectivity index (χ1v) is 5.35. The molecule has 0 aliphatic rings. The average Bonchev–Trinajstić information content (AvgIpc) is 2.36. The van der Waals surface area contributed by atoms with Crippen LogP contribution in [0.15, 0.2) is 6.20 Å². The molecule has 0 amide bonds. The minimum absolute atomic E-state index is 0.0733. The number of carbonyl (C=O) groups is 1. The molecule has 0 aliphatic carbocycles. The number of methoxy groups -OCH3 is 1. The number of ether oxygens (including phenoxy) is 3. The highest BCUT2D eigenvalue weighted by atomic mass is 19.4. The van der Waals surface area contributed by atoms with Crippen LogP contribution in [0.1, 0.15) is 17.4 Å². The van der Waals surface area contributed by atoms with Crippen LogP contribution < -0.4 is 9.47 Å². The zero-order chi connectivity index (χ0) is 16.2. The highest BCUT2D eigenvalue weighted by Gasteiger charge is 2.39. The molecule has 8 nitrogen and oxygen atoms in total. The quantitative estimate of drug-likeness (QED) is 0.466. The van der Waals surface area contributed by atoms with E-state index in [4.69, 9.17) is 0 Å². The number of hydrogen-bond donors (Lipinski definition) is 0. The van der Waals surface area contributed by atoms with E-state index in [2.05, 4.69) is 19.2 Å². The number of halogens is 3. The fourth-order valence-corrected chi connectivity index (χ4v) is 1.35. The Morgan fingerprint density at radius 2 is 2.05 bits per heavy atom. The minimum Gasteiger partial charge on any atom is -0.490 e. The van der Waals surface area contributed by atoms with Crippen molar-refractivity contribution in [2.75, 3.05) is 13.7 Å². The number of aromatic nitrogens is 1. The first-order valence-electron chi connectivity index (χ1n) is 5.35. The van der Waals surface area contributed by atoms with Gasteiger partial charge in [-0.15, -0.1) is 13.2 Å². The Labute approximate surface area is 115 Å². The summed E-state index contributed by atoms with van der Waals surface area (Å²) in [5.41, 5.74) is -1.76. The number of rotatable bonds is 5. The number of carbonyl (C=O) groups excluding carboxylic acids is 1. The standard InChI is InChI=1S/C10H9F3N2O6/c1-3-20-9(16)6-8(19-2)7(21-10(11,12)13)5(4-14-6)15(17)18/h4H,3H2,1-2H3. The van der Waals surface area contributed by atoms with Crippen LogP contribution in [0.3, 0.4) is 0 Å². The maximum absolute atomic E-state index is 12.3. The molecule has 0 radical (unpaired) electrons. The third kappa shape index (κ3) is 3.94. The van der Waals surface area contributed by atoms with Crippen molar-refractivity contribution in [1.82, 2.24) is 4.98 Å². The Morgan fingerprint density at radius 3 is 2.48 bits per heavy atom. The van der Waals surface area contributed by atoms with Gasteiger partial charge in [-0.05, 0) is 6.92 Å². The van der Waals surface area contributed by atoms with Crippen molar-refractivity contribution in [1.29, 1.82) is 0 Å². The molecule has 0 atom stereocenters. The zero-order valence-electron chi connectivity index (χ0n) is 10.8. The van der Waals surface area contributed by atoms with E-state index in [1.807, 2.05) is 0 Å². The van der Waals surface area contributed by atoms with Gasteiger partial charge in [0.1, 0.15) is 6.20 Å². The second kappa shape index (κ2) is 6.24. The van der Waals surface area contributed by atoms with Crippen LogP contribution in [0.5, 0.6) is 11.5 Å². The third-order valence-electron chi connectivity index (χ3n) is 2.06. The van der Waals surface area contributed by atoms with E-state index in [1.54, 1.807) is 0 Å². The smallest absolute Gasteiger partial charge is 0.490 e. The van der Waals surface area contributed by atoms with Gasteiger partial charge in [0.25, 0.3) is 5.75 Å². The van der Waals surface area contributed by atoms with Gasteiger partial charge in [0.15, 0.2) is 5.69 Å². The molecule has 0 spiro atoms. The van der Waals surface area contributed by atoms with Crippen LogP contribution >= 0.6 is 0 Å². The van der Waals surface area contributed by atoms with E-state index in [0.29, 0.717) is 6.20 Å². The molecule has 21 heavy (non-hydrogen) atoms. The van der Waals surface area contributed by atoms with Gasteiger partial charge in [0, 0.05) is 0 Å². The predicted octanol–water partition coefficient (Wildman–Crippen LogP) is 2.07. The molecule has 0 N–H and O–H groups in total. The van der Waals surface area contributed by atoms with Gasteiger partial charge >= 0.3 is 18.0 Å². The van der Waals surface area contributed by atoms with E-state index in [9.17, 15) is 28.1 Å². The van der Waals surface area contributed by atoms with Crippen molar-refractivity contribution in [2.24, 2.45) is 0 Å². The molecular weight excluding hydrogens is 301 g/mol. The average molecular weight is 310 g/mol. The van der Waals surface area contributed by atoms with E-state index in [1.165, 1.54) is 6.92 Å². The number of nitro groups is 1. The topological polar surface area (TPSA) is 101 Å². The van der Waals surface area contributed by atoms with Gasteiger partial charge in [-0.25, -0.2) is 9.78 Å². The second-order valence-corrected chi connectivity index (χ2v) is 3.38. The first kappa shape index (κ1) is 16.5. The summed E-state index contributed by atoms with van der Waals surface area (Å²) in [6.07, 6.45) is -4.76. The Balaban J connectivity index is 3.49. The molecule has 0 saturated heterocycles. The van der Waals surface area contributed by atoms with Crippen molar-refractivity contribution in [3.05, 3.63) is 22.0 Å². The molecule has 1 aromatic rings. The SMILES string of the molecule is CCOC(=O)c1ncc([N+](=O)[O-])c(OC(F)(F)F)c1OC. The lowest BCUT2D eigenvalue weighted by Gasteiger charge is -2.14. The fourth-order valence-electron chi connectivity index (χ4n) is 1.35. The summed E-state index contributed by atoms with van der Waals surface area (Å²) in [5, 5.41) is 10.7. The maximum Gasteiger partial charge on any atom is 0.573 e. The number of pyridine rings is 1. The monoisotopic (exact) mass is 310 g/mol. The molecule has 0 saturated carbocycles. The summed E-state index contributed by atoms with van der Waals surface area (Å²) in [6.45, 7) is 1.39. The molecular formula is C10H9F3N2O6. The number of hydrogen-bond acceptors (Lipinski definition) is 7. The molecule has 116 valence electrons. The third-order valence-corrected chi connectivity index (χ3v) is 2.06. The Kier molecular flexibility index (Phi) is 4.89. The lowest BCUT2D eigenvalue weighted by Crippen LogP contribution is -2.20. The number of esters is 1. The summed E-state index contributed by atoms with van der Waals surface area (Å²) >= 11 is 0. The Bertz CT molecular complexity index is 560. The molecule has 1 heterocycles. The summed E-state index contributed by atoms with van der Waals surface area (Å²) in [7, 11) is 0.909. The van der Waals surface area contributed by atoms with Crippen molar-refractivity contribution in [3.63, 3.8) is 0 Å². The van der Waals surface area contributed by atoms with E-state index in [0.717, 1.165) is 7.11 Å². The van der Waals surface area contributed by atoms with Gasteiger partial charge in [0.05, 0.1) is 18.6 Å². The molecule has 1 rings (SSSR count). The maximum atomic E-state index is 12.3. The molecule has 0 aromatic carbocycles. The lowest BCUT2D eigenvalue weighted by molar-refractivity contribution is -0.389. The van der Waals surface area contributed by atoms with E-state index >= 15 is 0 Å². The van der Waals surface area contributed by atoms with Gasteiger partial charge in [-0.1, -0.05) is 0 Å². The van der Waals surface area contributed by atoms with Crippen LogP contribution in [0.4, 0.5) is 18.9 Å². The minimum atomic E-state index is -5.22. The van der Waals surface area contributed by atoms with Crippen LogP contribution in [0.25, 0.3) is 0 Å². The molecule has 11 heteroatoms. The van der Waals surface area contributed by atoms with Crippen molar-refractivity contribution in [2.45, 2.75) is 13.3 Å². The fraction of sp³-hybridized carbons (Fsp3) is 0.400. The first-order chi connectivity index (χ1) is 9.71.